The van der Waals surface area contributed by atoms with Crippen molar-refractivity contribution < 1.29 is 19.0 Å². The van der Waals surface area contributed by atoms with Gasteiger partial charge in [-0.15, -0.1) is 0 Å². The molecule has 1 saturated carbocycles. The summed E-state index contributed by atoms with van der Waals surface area (Å²) in [5.41, 5.74) is 0.289. The average molecular weight is 288 g/mol. The molecule has 0 atom stereocenters. The van der Waals surface area contributed by atoms with Gasteiger partial charge in [-0.1, -0.05) is 17.7 Å². The highest BCUT2D eigenvalue weighted by Crippen LogP contribution is 2.31. The number of aliphatic hydroxyl groups excluding tert-OH is 1. The maximum absolute atomic E-state index is 13.7. The third-order valence-corrected chi connectivity index (χ3v) is 3.28. The van der Waals surface area contributed by atoms with E-state index in [2.05, 4.69) is 0 Å². The molecule has 6 heteroatoms. The summed E-state index contributed by atoms with van der Waals surface area (Å²) in [5.74, 6) is -0.437. The number of hydrogen-bond acceptors (Lipinski definition) is 3. The quantitative estimate of drug-likeness (QED) is 0.905. The predicted octanol–water partition coefficient (Wildman–Crippen LogP) is 2.57. The van der Waals surface area contributed by atoms with Gasteiger partial charge >= 0.3 is 6.09 Å². The summed E-state index contributed by atoms with van der Waals surface area (Å²) >= 11 is 5.95. The number of rotatable bonds is 5. The molecule has 0 aliphatic heterocycles. The SMILES string of the molecule is O=C(OCCO)N(Cc1c(F)cccc1Cl)C1CC1. The van der Waals surface area contributed by atoms with E-state index in [1.165, 1.54) is 17.0 Å². The van der Waals surface area contributed by atoms with Gasteiger partial charge in [0, 0.05) is 16.6 Å². The van der Waals surface area contributed by atoms with E-state index in [1.807, 2.05) is 0 Å². The number of amides is 1. The van der Waals surface area contributed by atoms with Crippen LogP contribution in [0.15, 0.2) is 18.2 Å². The second-order valence-electron chi connectivity index (χ2n) is 4.40. The highest BCUT2D eigenvalue weighted by Gasteiger charge is 2.34. The second kappa shape index (κ2) is 6.21. The molecule has 104 valence electrons. The minimum Gasteiger partial charge on any atom is -0.447 e. The van der Waals surface area contributed by atoms with Crippen molar-refractivity contribution in [3.63, 3.8) is 0 Å². The lowest BCUT2D eigenvalue weighted by Crippen LogP contribution is -2.34. The van der Waals surface area contributed by atoms with Crippen molar-refractivity contribution in [2.75, 3.05) is 13.2 Å². The number of halogens is 2. The molecule has 19 heavy (non-hydrogen) atoms. The van der Waals surface area contributed by atoms with Crippen LogP contribution in [0.3, 0.4) is 0 Å². The van der Waals surface area contributed by atoms with Crippen LogP contribution in [0.25, 0.3) is 0 Å². The number of aliphatic hydroxyl groups is 1. The Hall–Kier alpha value is -1.33. The summed E-state index contributed by atoms with van der Waals surface area (Å²) in [6.07, 6.45) is 1.21. The molecular formula is C13H15ClFNO3. The molecule has 1 fully saturated rings. The number of nitrogens with zero attached hydrogens (tertiary/aromatic N) is 1. The summed E-state index contributed by atoms with van der Waals surface area (Å²) in [6, 6.07) is 4.49. The fraction of sp³-hybridized carbons (Fsp3) is 0.462. The molecule has 0 radical (unpaired) electrons. The Morgan fingerprint density at radius 3 is 2.84 bits per heavy atom. The van der Waals surface area contributed by atoms with Gasteiger partial charge in [0.1, 0.15) is 12.4 Å². The van der Waals surface area contributed by atoms with Crippen molar-refractivity contribution >= 4 is 17.7 Å². The fourth-order valence-electron chi connectivity index (χ4n) is 1.80. The molecule has 1 aromatic carbocycles. The lowest BCUT2D eigenvalue weighted by molar-refractivity contribution is 0.0794. The van der Waals surface area contributed by atoms with Crippen molar-refractivity contribution in [1.82, 2.24) is 4.90 Å². The van der Waals surface area contributed by atoms with Gasteiger partial charge in [0.2, 0.25) is 0 Å². The van der Waals surface area contributed by atoms with Gasteiger partial charge in [-0.05, 0) is 25.0 Å². The zero-order valence-corrected chi connectivity index (χ0v) is 11.1. The van der Waals surface area contributed by atoms with Gasteiger partial charge in [0.15, 0.2) is 0 Å². The minimum atomic E-state index is -0.545. The maximum Gasteiger partial charge on any atom is 0.410 e. The zero-order valence-electron chi connectivity index (χ0n) is 10.3. The molecule has 2 rings (SSSR count). The van der Waals surface area contributed by atoms with Gasteiger partial charge in [-0.3, -0.25) is 0 Å². The van der Waals surface area contributed by atoms with Gasteiger partial charge in [-0.2, -0.15) is 0 Å². The standard InChI is InChI=1S/C13H15ClFNO3/c14-11-2-1-3-12(15)10(11)8-16(9-4-5-9)13(18)19-7-6-17/h1-3,9,17H,4-8H2. The van der Waals surface area contributed by atoms with Crippen molar-refractivity contribution in [2.45, 2.75) is 25.4 Å². The first-order valence-corrected chi connectivity index (χ1v) is 6.48. The Bertz CT molecular complexity index is 445. The highest BCUT2D eigenvalue weighted by atomic mass is 35.5. The number of carbonyl (C=O) groups excluding carboxylic acids is 1. The molecule has 0 unspecified atom stereocenters. The minimum absolute atomic E-state index is 0.0624. The van der Waals surface area contributed by atoms with Crippen LogP contribution in [0.2, 0.25) is 5.02 Å². The van der Waals surface area contributed by atoms with E-state index in [9.17, 15) is 9.18 Å². The topological polar surface area (TPSA) is 49.8 Å². The summed E-state index contributed by atoms with van der Waals surface area (Å²) in [5, 5.41) is 8.94. The largest absolute Gasteiger partial charge is 0.447 e. The number of ether oxygens (including phenoxy) is 1. The summed E-state index contributed by atoms with van der Waals surface area (Å²) in [4.78, 5) is 13.3. The predicted molar refractivity (Wildman–Crippen MR) is 68.4 cm³/mol. The third kappa shape index (κ3) is 3.58. The smallest absolute Gasteiger partial charge is 0.410 e. The Balaban J connectivity index is 2.10. The zero-order chi connectivity index (χ0) is 13.8. The van der Waals surface area contributed by atoms with Gasteiger partial charge in [0.05, 0.1) is 13.2 Å². The van der Waals surface area contributed by atoms with Crippen molar-refractivity contribution in [1.29, 1.82) is 0 Å². The maximum atomic E-state index is 13.7. The summed E-state index contributed by atoms with van der Waals surface area (Å²) < 4.78 is 18.6. The molecular weight excluding hydrogens is 273 g/mol. The lowest BCUT2D eigenvalue weighted by Gasteiger charge is -2.22. The molecule has 0 saturated heterocycles. The molecule has 1 N–H and O–H groups in total. The van der Waals surface area contributed by atoms with Gasteiger partial charge in [-0.25, -0.2) is 9.18 Å². The van der Waals surface area contributed by atoms with Crippen LogP contribution in [0.1, 0.15) is 18.4 Å². The normalized spacial score (nSPS) is 14.3. The van der Waals surface area contributed by atoms with Crippen LogP contribution >= 0.6 is 11.6 Å². The monoisotopic (exact) mass is 287 g/mol. The Labute approximate surface area is 115 Å². The molecule has 4 nitrogen and oxygen atoms in total. The van der Waals surface area contributed by atoms with Crippen LogP contribution in [-0.2, 0) is 11.3 Å². The van der Waals surface area contributed by atoms with E-state index in [0.29, 0.717) is 5.02 Å². The van der Waals surface area contributed by atoms with E-state index in [1.54, 1.807) is 6.07 Å². The molecule has 1 aromatic rings. The van der Waals surface area contributed by atoms with Crippen molar-refractivity contribution in [3.8, 4) is 0 Å². The summed E-state index contributed by atoms with van der Waals surface area (Å²) in [7, 11) is 0. The lowest BCUT2D eigenvalue weighted by atomic mass is 10.2. The van der Waals surface area contributed by atoms with E-state index in [0.717, 1.165) is 12.8 Å². The van der Waals surface area contributed by atoms with Crippen molar-refractivity contribution in [3.05, 3.63) is 34.6 Å². The number of carbonyl (C=O) groups is 1. The van der Waals surface area contributed by atoms with Crippen LogP contribution < -0.4 is 0 Å². The van der Waals surface area contributed by atoms with E-state index in [-0.39, 0.29) is 31.4 Å². The molecule has 0 spiro atoms. The average Bonchev–Trinajstić information content (AvgIpc) is 3.20. The number of hydrogen-bond donors (Lipinski definition) is 1. The van der Waals surface area contributed by atoms with Crippen LogP contribution in [0.5, 0.6) is 0 Å². The molecule has 0 aromatic heterocycles. The molecule has 0 bridgehead atoms. The first kappa shape index (κ1) is 14.1. The second-order valence-corrected chi connectivity index (χ2v) is 4.80. The molecule has 1 aliphatic carbocycles. The molecule has 1 amide bonds. The van der Waals surface area contributed by atoms with E-state index in [4.69, 9.17) is 21.4 Å². The van der Waals surface area contributed by atoms with Crippen LogP contribution in [-0.4, -0.2) is 35.4 Å². The Morgan fingerprint density at radius 1 is 1.53 bits per heavy atom. The Kier molecular flexibility index (Phi) is 4.61. The van der Waals surface area contributed by atoms with Gasteiger partial charge in [0.25, 0.3) is 0 Å². The highest BCUT2D eigenvalue weighted by molar-refractivity contribution is 6.31. The first-order valence-electron chi connectivity index (χ1n) is 6.10. The number of benzene rings is 1. The third-order valence-electron chi connectivity index (χ3n) is 2.93. The first-order chi connectivity index (χ1) is 9.13. The van der Waals surface area contributed by atoms with Crippen LogP contribution in [0.4, 0.5) is 9.18 Å². The van der Waals surface area contributed by atoms with Crippen LogP contribution in [0, 0.1) is 5.82 Å². The fourth-order valence-corrected chi connectivity index (χ4v) is 2.02. The molecule has 1 aliphatic rings. The van der Waals surface area contributed by atoms with E-state index < -0.39 is 11.9 Å². The van der Waals surface area contributed by atoms with Gasteiger partial charge < -0.3 is 14.7 Å². The molecule has 0 heterocycles. The van der Waals surface area contributed by atoms with Crippen molar-refractivity contribution in [2.24, 2.45) is 0 Å². The summed E-state index contributed by atoms with van der Waals surface area (Å²) in [6.45, 7) is -0.210. The van der Waals surface area contributed by atoms with E-state index >= 15 is 0 Å². The Morgan fingerprint density at radius 2 is 2.26 bits per heavy atom.